The summed E-state index contributed by atoms with van der Waals surface area (Å²) >= 11 is 0. The quantitative estimate of drug-likeness (QED) is 0.367. The number of anilines is 1. The molecule has 1 saturated heterocycles. The van der Waals surface area contributed by atoms with Crippen molar-refractivity contribution in [3.63, 3.8) is 0 Å². The summed E-state index contributed by atoms with van der Waals surface area (Å²) in [7, 11) is 0. The fourth-order valence-corrected chi connectivity index (χ4v) is 4.64. The van der Waals surface area contributed by atoms with Gasteiger partial charge in [0, 0.05) is 36.7 Å². The average molecular weight is 576 g/mol. The first-order valence-electron chi connectivity index (χ1n) is 12.9. The number of carboxylic acids is 1. The van der Waals surface area contributed by atoms with Crippen molar-refractivity contribution in [2.75, 3.05) is 44.4 Å². The highest BCUT2D eigenvalue weighted by Crippen LogP contribution is 2.39. The van der Waals surface area contributed by atoms with Gasteiger partial charge in [-0.25, -0.2) is 9.97 Å². The highest BCUT2D eigenvalue weighted by Gasteiger charge is 2.58. The summed E-state index contributed by atoms with van der Waals surface area (Å²) in [5.41, 5.74) is 1.07. The molecule has 1 unspecified atom stereocenters. The fourth-order valence-electron chi connectivity index (χ4n) is 4.64. The zero-order chi connectivity index (χ0) is 28.9. The van der Waals surface area contributed by atoms with Gasteiger partial charge in [0.25, 0.3) is 0 Å². The number of pyridine rings is 2. The summed E-state index contributed by atoms with van der Waals surface area (Å²) in [5, 5.41) is 9.21. The van der Waals surface area contributed by atoms with Crippen LogP contribution in [0.15, 0.2) is 24.5 Å². The van der Waals surface area contributed by atoms with Gasteiger partial charge in [0.1, 0.15) is 5.75 Å². The summed E-state index contributed by atoms with van der Waals surface area (Å²) in [6.45, 7) is 1.84. The standard InChI is InChI=1S/C26H30F5N3O6/c1-2-37-23-11-19(21(13-33-23)40-15-25(27,28)26(29,30)31)34-6-3-16(4-7-34)14-39-22-10-18-17(9-24(35)36)5-8-38-20(18)12-32-22/h10-13,16-17H,2-9,14-15H2,1H3,(H,35,36). The summed E-state index contributed by atoms with van der Waals surface area (Å²) in [4.78, 5) is 21.3. The van der Waals surface area contributed by atoms with Gasteiger partial charge in [-0.1, -0.05) is 0 Å². The number of nitrogens with zero attached hydrogens (tertiary/aromatic N) is 3. The average Bonchev–Trinajstić information content (AvgIpc) is 2.91. The van der Waals surface area contributed by atoms with Gasteiger partial charge in [0.15, 0.2) is 12.4 Å². The zero-order valence-electron chi connectivity index (χ0n) is 21.8. The second-order valence-electron chi connectivity index (χ2n) is 9.65. The van der Waals surface area contributed by atoms with Gasteiger partial charge in [-0.05, 0) is 32.1 Å². The molecule has 4 heterocycles. The lowest BCUT2D eigenvalue weighted by molar-refractivity contribution is -0.289. The van der Waals surface area contributed by atoms with Crippen molar-refractivity contribution in [3.8, 4) is 23.3 Å². The van der Waals surface area contributed by atoms with Gasteiger partial charge in [-0.3, -0.25) is 4.79 Å². The van der Waals surface area contributed by atoms with E-state index in [4.69, 9.17) is 18.9 Å². The van der Waals surface area contributed by atoms with Crippen molar-refractivity contribution < 1.29 is 50.8 Å². The van der Waals surface area contributed by atoms with Crippen molar-refractivity contribution in [2.45, 2.75) is 50.6 Å². The van der Waals surface area contributed by atoms with Crippen molar-refractivity contribution in [3.05, 3.63) is 30.1 Å². The van der Waals surface area contributed by atoms with Gasteiger partial charge in [0.2, 0.25) is 11.8 Å². The number of ether oxygens (including phenoxy) is 4. The molecule has 0 bridgehead atoms. The Hall–Kier alpha value is -3.58. The lowest BCUT2D eigenvalue weighted by atomic mass is 9.91. The SMILES string of the molecule is CCOc1cc(N2CCC(COc3cc4c(cn3)OCCC4CC(=O)O)CC2)c(OCC(F)(F)C(F)(F)F)cn1. The van der Waals surface area contributed by atoms with E-state index in [1.54, 1.807) is 13.0 Å². The van der Waals surface area contributed by atoms with E-state index < -0.39 is 24.7 Å². The molecule has 2 aromatic heterocycles. The summed E-state index contributed by atoms with van der Waals surface area (Å²) in [6, 6.07) is 3.18. The minimum Gasteiger partial charge on any atom is -0.492 e. The molecule has 1 fully saturated rings. The molecular weight excluding hydrogens is 545 g/mol. The van der Waals surface area contributed by atoms with E-state index >= 15 is 0 Å². The van der Waals surface area contributed by atoms with E-state index in [1.807, 2.05) is 4.90 Å². The molecular formula is C26H30F5N3O6. The van der Waals surface area contributed by atoms with Gasteiger partial charge >= 0.3 is 18.1 Å². The van der Waals surface area contributed by atoms with Crippen LogP contribution in [0.4, 0.5) is 27.6 Å². The molecule has 2 aliphatic heterocycles. The monoisotopic (exact) mass is 575 g/mol. The summed E-state index contributed by atoms with van der Waals surface area (Å²) in [6.07, 6.45) is -1.27. The predicted molar refractivity (Wildman–Crippen MR) is 132 cm³/mol. The first-order chi connectivity index (χ1) is 19.0. The molecule has 0 spiro atoms. The first-order valence-corrected chi connectivity index (χ1v) is 12.9. The molecule has 9 nitrogen and oxygen atoms in total. The fraction of sp³-hybridized carbons (Fsp3) is 0.577. The number of piperidine rings is 1. The van der Waals surface area contributed by atoms with Crippen LogP contribution in [0, 0.1) is 5.92 Å². The maximum Gasteiger partial charge on any atom is 0.456 e. The zero-order valence-corrected chi connectivity index (χ0v) is 21.8. The van der Waals surface area contributed by atoms with E-state index in [0.29, 0.717) is 62.9 Å². The molecule has 220 valence electrons. The number of alkyl halides is 5. The van der Waals surface area contributed by atoms with Gasteiger partial charge in [-0.2, -0.15) is 22.0 Å². The Balaban J connectivity index is 1.38. The van der Waals surface area contributed by atoms with Crippen LogP contribution in [0.3, 0.4) is 0 Å². The summed E-state index contributed by atoms with van der Waals surface area (Å²) in [5.74, 6) is -5.07. The maximum absolute atomic E-state index is 13.5. The Morgan fingerprint density at radius 2 is 1.75 bits per heavy atom. The first kappa shape index (κ1) is 29.4. The second kappa shape index (κ2) is 12.3. The molecule has 40 heavy (non-hydrogen) atoms. The van der Waals surface area contributed by atoms with E-state index in [9.17, 15) is 31.9 Å². The van der Waals surface area contributed by atoms with Crippen LogP contribution in [0.5, 0.6) is 23.3 Å². The third-order valence-corrected chi connectivity index (χ3v) is 6.82. The number of aromatic nitrogens is 2. The molecule has 0 saturated carbocycles. The number of carbonyl (C=O) groups is 1. The van der Waals surface area contributed by atoms with E-state index in [1.165, 1.54) is 12.3 Å². The van der Waals surface area contributed by atoms with Crippen LogP contribution >= 0.6 is 0 Å². The van der Waals surface area contributed by atoms with Crippen LogP contribution in [-0.4, -0.2) is 72.7 Å². The number of halogens is 5. The van der Waals surface area contributed by atoms with E-state index in [2.05, 4.69) is 9.97 Å². The topological polar surface area (TPSA) is 103 Å². The van der Waals surface area contributed by atoms with Crippen LogP contribution in [0.2, 0.25) is 0 Å². The Morgan fingerprint density at radius 1 is 1.05 bits per heavy atom. The lowest BCUT2D eigenvalue weighted by Crippen LogP contribution is -2.42. The van der Waals surface area contributed by atoms with Crippen molar-refractivity contribution in [2.24, 2.45) is 5.92 Å². The molecule has 2 aliphatic rings. The molecule has 1 N–H and O–H groups in total. The Kier molecular flexibility index (Phi) is 9.04. The number of carboxylic acid groups (broad SMARTS) is 1. The van der Waals surface area contributed by atoms with Gasteiger partial charge in [-0.15, -0.1) is 0 Å². The number of aliphatic carboxylic acids is 1. The highest BCUT2D eigenvalue weighted by atomic mass is 19.4. The summed E-state index contributed by atoms with van der Waals surface area (Å²) < 4.78 is 86.6. The van der Waals surface area contributed by atoms with E-state index in [0.717, 1.165) is 11.8 Å². The third-order valence-electron chi connectivity index (χ3n) is 6.82. The molecule has 4 rings (SSSR count). The normalized spacial score (nSPS) is 18.1. The Morgan fingerprint density at radius 3 is 2.42 bits per heavy atom. The number of hydrogen-bond donors (Lipinski definition) is 1. The number of fused-ring (bicyclic) bond motifs is 1. The van der Waals surface area contributed by atoms with Gasteiger partial charge in [0.05, 0.1) is 44.3 Å². The number of rotatable bonds is 11. The van der Waals surface area contributed by atoms with E-state index in [-0.39, 0.29) is 36.5 Å². The largest absolute Gasteiger partial charge is 0.492 e. The molecule has 0 amide bonds. The van der Waals surface area contributed by atoms with Crippen LogP contribution in [0.1, 0.15) is 44.1 Å². The molecule has 0 aliphatic carbocycles. The smallest absolute Gasteiger partial charge is 0.456 e. The van der Waals surface area contributed by atoms with Crippen LogP contribution in [0.25, 0.3) is 0 Å². The predicted octanol–water partition coefficient (Wildman–Crippen LogP) is 5.09. The molecule has 0 radical (unpaired) electrons. The molecule has 14 heteroatoms. The van der Waals surface area contributed by atoms with Crippen LogP contribution in [-0.2, 0) is 4.79 Å². The Bertz CT molecular complexity index is 1170. The van der Waals surface area contributed by atoms with Crippen molar-refractivity contribution >= 4 is 11.7 Å². The molecule has 1 atom stereocenters. The lowest BCUT2D eigenvalue weighted by Gasteiger charge is -2.34. The minimum absolute atomic E-state index is 0.0160. The van der Waals surface area contributed by atoms with Gasteiger partial charge < -0.3 is 29.0 Å². The highest BCUT2D eigenvalue weighted by molar-refractivity contribution is 5.68. The third kappa shape index (κ3) is 7.13. The number of hydrogen-bond acceptors (Lipinski definition) is 8. The minimum atomic E-state index is -5.73. The Labute approximate surface area is 227 Å². The maximum atomic E-state index is 13.5. The second-order valence-corrected chi connectivity index (χ2v) is 9.65. The van der Waals surface area contributed by atoms with Crippen LogP contribution < -0.4 is 23.8 Å². The van der Waals surface area contributed by atoms with Crippen molar-refractivity contribution in [1.82, 2.24) is 9.97 Å². The van der Waals surface area contributed by atoms with Crippen molar-refractivity contribution in [1.29, 1.82) is 0 Å². The molecule has 2 aromatic rings. The molecule has 0 aromatic carbocycles.